The van der Waals surface area contributed by atoms with E-state index in [0.29, 0.717) is 34.3 Å². The zero-order chi connectivity index (χ0) is 23.8. The van der Waals surface area contributed by atoms with Gasteiger partial charge in [0.05, 0.1) is 19.3 Å². The maximum atomic E-state index is 11.7. The monoisotopic (exact) mass is 478 g/mol. The molecule has 33 heavy (non-hydrogen) atoms. The SMILES string of the molecule is COc1ccccc1OC[C@H](O)C=C[C@@H]1[C@H]2CC[C@H](CCCC(=O)OC(C)C)S[C@H]2C[C@H]1O. The van der Waals surface area contributed by atoms with Crippen LogP contribution in [0.5, 0.6) is 11.5 Å². The highest BCUT2D eigenvalue weighted by Crippen LogP contribution is 2.49. The second-order valence-corrected chi connectivity index (χ2v) is 10.8. The molecular formula is C26H38O6S. The molecular weight excluding hydrogens is 440 g/mol. The lowest BCUT2D eigenvalue weighted by molar-refractivity contribution is -0.147. The summed E-state index contributed by atoms with van der Waals surface area (Å²) in [5.74, 6) is 1.60. The van der Waals surface area contributed by atoms with Crippen molar-refractivity contribution in [2.45, 2.75) is 81.2 Å². The third-order valence-corrected chi connectivity index (χ3v) is 8.14. The third kappa shape index (κ3) is 7.66. The third-order valence-electron chi connectivity index (χ3n) is 6.39. The average Bonchev–Trinajstić information content (AvgIpc) is 3.10. The van der Waals surface area contributed by atoms with Gasteiger partial charge in [-0.05, 0) is 64.0 Å². The molecule has 2 fully saturated rings. The molecule has 6 atom stereocenters. The number of esters is 1. The molecule has 1 heterocycles. The lowest BCUT2D eigenvalue weighted by Crippen LogP contribution is -2.27. The Morgan fingerprint density at radius 3 is 2.73 bits per heavy atom. The highest BCUT2D eigenvalue weighted by molar-refractivity contribution is 8.00. The van der Waals surface area contributed by atoms with Gasteiger partial charge in [-0.15, -0.1) is 0 Å². The van der Waals surface area contributed by atoms with Crippen molar-refractivity contribution in [3.8, 4) is 11.5 Å². The summed E-state index contributed by atoms with van der Waals surface area (Å²) in [6.07, 6.45) is 7.83. The zero-order valence-corrected chi connectivity index (χ0v) is 20.7. The zero-order valence-electron chi connectivity index (χ0n) is 19.9. The standard InChI is InChI=1S/C26H38O6S/c1-17(2)32-26(29)10-6-7-19-12-14-21-20(22(28)15-25(21)33-19)13-11-18(27)16-31-24-9-5-4-8-23(24)30-3/h4-5,8-9,11,13,17-22,25,27-28H,6-7,10,12,14-16H2,1-3H3/t18-,19+,20-,21-,22-,25+/m1/s1. The van der Waals surface area contributed by atoms with Gasteiger partial charge in [-0.2, -0.15) is 11.8 Å². The Bertz CT molecular complexity index is 782. The van der Waals surface area contributed by atoms with Crippen molar-refractivity contribution in [1.82, 2.24) is 0 Å². The van der Waals surface area contributed by atoms with Crippen LogP contribution in [0.2, 0.25) is 0 Å². The van der Waals surface area contributed by atoms with Crippen molar-refractivity contribution in [2.75, 3.05) is 13.7 Å². The molecule has 1 aliphatic carbocycles. The number of thioether (sulfide) groups is 1. The number of rotatable bonds is 11. The van der Waals surface area contributed by atoms with E-state index in [1.807, 2.05) is 56.0 Å². The Hall–Kier alpha value is -1.70. The molecule has 1 saturated carbocycles. The molecule has 0 spiro atoms. The summed E-state index contributed by atoms with van der Waals surface area (Å²) in [5.41, 5.74) is 0. The fourth-order valence-corrected chi connectivity index (χ4v) is 6.73. The minimum atomic E-state index is -0.754. The van der Waals surface area contributed by atoms with E-state index in [1.54, 1.807) is 13.2 Å². The van der Waals surface area contributed by atoms with E-state index in [9.17, 15) is 15.0 Å². The van der Waals surface area contributed by atoms with Gasteiger partial charge < -0.3 is 24.4 Å². The molecule has 3 rings (SSSR count). The van der Waals surface area contributed by atoms with Crippen LogP contribution in [-0.4, -0.2) is 58.7 Å². The van der Waals surface area contributed by atoms with Crippen molar-refractivity contribution in [1.29, 1.82) is 0 Å². The minimum absolute atomic E-state index is 0.0569. The second kappa shape index (κ2) is 12.7. The fourth-order valence-electron chi connectivity index (χ4n) is 4.84. The number of aliphatic hydroxyl groups excluding tert-OH is 2. The Morgan fingerprint density at radius 1 is 1.24 bits per heavy atom. The molecule has 1 aromatic rings. The summed E-state index contributed by atoms with van der Waals surface area (Å²) in [4.78, 5) is 11.7. The van der Waals surface area contributed by atoms with E-state index in [2.05, 4.69) is 0 Å². The summed E-state index contributed by atoms with van der Waals surface area (Å²) < 4.78 is 16.2. The number of aliphatic hydroxyl groups is 2. The molecule has 6 nitrogen and oxygen atoms in total. The van der Waals surface area contributed by atoms with E-state index in [0.717, 1.165) is 32.1 Å². The number of hydrogen-bond acceptors (Lipinski definition) is 7. The van der Waals surface area contributed by atoms with Crippen LogP contribution in [0.3, 0.4) is 0 Å². The van der Waals surface area contributed by atoms with E-state index in [-0.39, 0.29) is 30.7 Å². The van der Waals surface area contributed by atoms with Crippen LogP contribution >= 0.6 is 11.8 Å². The van der Waals surface area contributed by atoms with Gasteiger partial charge in [-0.3, -0.25) is 4.79 Å². The summed E-state index contributed by atoms with van der Waals surface area (Å²) in [6, 6.07) is 7.36. The van der Waals surface area contributed by atoms with Crippen molar-refractivity contribution in [3.05, 3.63) is 36.4 Å². The smallest absolute Gasteiger partial charge is 0.306 e. The predicted molar refractivity (Wildman–Crippen MR) is 131 cm³/mol. The maximum Gasteiger partial charge on any atom is 0.306 e. The first kappa shape index (κ1) is 25.9. The Kier molecular flexibility index (Phi) is 9.95. The van der Waals surface area contributed by atoms with E-state index in [1.165, 1.54) is 0 Å². The Balaban J connectivity index is 1.43. The number of benzene rings is 1. The predicted octanol–water partition coefficient (Wildman–Crippen LogP) is 4.37. The van der Waals surface area contributed by atoms with Gasteiger partial charge in [0.1, 0.15) is 12.7 Å². The van der Waals surface area contributed by atoms with Gasteiger partial charge in [0.2, 0.25) is 0 Å². The maximum absolute atomic E-state index is 11.7. The van der Waals surface area contributed by atoms with Crippen molar-refractivity contribution >= 4 is 17.7 Å². The fraction of sp³-hybridized carbons (Fsp3) is 0.654. The lowest BCUT2D eigenvalue weighted by atomic mass is 9.88. The molecule has 0 aromatic heterocycles. The molecule has 184 valence electrons. The Labute approximate surface area is 201 Å². The summed E-state index contributed by atoms with van der Waals surface area (Å²) >= 11 is 1.97. The second-order valence-electron chi connectivity index (χ2n) is 9.26. The molecule has 1 aromatic carbocycles. The van der Waals surface area contributed by atoms with Crippen molar-refractivity contribution in [2.24, 2.45) is 11.8 Å². The molecule has 1 saturated heterocycles. The Morgan fingerprint density at radius 2 is 2.00 bits per heavy atom. The highest BCUT2D eigenvalue weighted by Gasteiger charge is 2.44. The summed E-state index contributed by atoms with van der Waals surface area (Å²) in [7, 11) is 1.59. The van der Waals surface area contributed by atoms with Crippen LogP contribution in [0.15, 0.2) is 36.4 Å². The summed E-state index contributed by atoms with van der Waals surface area (Å²) in [5, 5.41) is 22.0. The van der Waals surface area contributed by atoms with E-state index < -0.39 is 6.10 Å². The molecule has 2 aliphatic rings. The first-order chi connectivity index (χ1) is 15.9. The summed E-state index contributed by atoms with van der Waals surface area (Å²) in [6.45, 7) is 3.87. The number of para-hydroxylation sites is 2. The van der Waals surface area contributed by atoms with Crippen LogP contribution in [0, 0.1) is 11.8 Å². The van der Waals surface area contributed by atoms with Crippen LogP contribution in [0.1, 0.15) is 52.4 Å². The van der Waals surface area contributed by atoms with Gasteiger partial charge >= 0.3 is 5.97 Å². The molecule has 7 heteroatoms. The molecule has 0 unspecified atom stereocenters. The minimum Gasteiger partial charge on any atom is -0.493 e. The van der Waals surface area contributed by atoms with E-state index >= 15 is 0 Å². The van der Waals surface area contributed by atoms with Crippen LogP contribution in [-0.2, 0) is 9.53 Å². The average molecular weight is 479 g/mol. The van der Waals surface area contributed by atoms with Gasteiger partial charge in [0.25, 0.3) is 0 Å². The molecule has 1 aliphatic heterocycles. The highest BCUT2D eigenvalue weighted by atomic mass is 32.2. The van der Waals surface area contributed by atoms with Gasteiger partial charge in [-0.1, -0.05) is 24.3 Å². The van der Waals surface area contributed by atoms with Gasteiger partial charge in [0.15, 0.2) is 11.5 Å². The largest absolute Gasteiger partial charge is 0.493 e. The quantitative estimate of drug-likeness (QED) is 0.361. The van der Waals surface area contributed by atoms with Crippen molar-refractivity contribution in [3.63, 3.8) is 0 Å². The molecule has 0 radical (unpaired) electrons. The van der Waals surface area contributed by atoms with Crippen LogP contribution in [0.25, 0.3) is 0 Å². The first-order valence-corrected chi connectivity index (χ1v) is 13.0. The molecule has 0 amide bonds. The lowest BCUT2D eigenvalue weighted by Gasteiger charge is -2.33. The number of ether oxygens (including phenoxy) is 3. The molecule has 0 bridgehead atoms. The first-order valence-electron chi connectivity index (χ1n) is 12.0. The van der Waals surface area contributed by atoms with Gasteiger partial charge in [-0.25, -0.2) is 0 Å². The number of hydrogen-bond donors (Lipinski definition) is 2. The van der Waals surface area contributed by atoms with Crippen LogP contribution in [0.4, 0.5) is 0 Å². The van der Waals surface area contributed by atoms with Gasteiger partial charge in [0, 0.05) is 22.8 Å². The molecule has 2 N–H and O–H groups in total. The number of methoxy groups -OCH3 is 1. The van der Waals surface area contributed by atoms with Crippen LogP contribution < -0.4 is 9.47 Å². The van der Waals surface area contributed by atoms with Crippen molar-refractivity contribution < 1.29 is 29.2 Å². The topological polar surface area (TPSA) is 85.2 Å². The number of carbonyl (C=O) groups excluding carboxylic acids is 1. The number of fused-ring (bicyclic) bond motifs is 1. The normalized spacial score (nSPS) is 28.0. The number of carbonyl (C=O) groups is 1. The van der Waals surface area contributed by atoms with E-state index in [4.69, 9.17) is 14.2 Å².